The first kappa shape index (κ1) is 13.1. The minimum atomic E-state index is -1.07. The van der Waals surface area contributed by atoms with E-state index >= 15 is 0 Å². The van der Waals surface area contributed by atoms with Gasteiger partial charge in [0.05, 0.1) is 18.9 Å². The third-order valence-electron chi connectivity index (χ3n) is 2.25. The van der Waals surface area contributed by atoms with E-state index < -0.39 is 5.97 Å². The fourth-order valence-electron chi connectivity index (χ4n) is 1.37. The number of carbonyl (C=O) groups is 1. The van der Waals surface area contributed by atoms with Gasteiger partial charge in [-0.15, -0.1) is 0 Å². The van der Waals surface area contributed by atoms with Gasteiger partial charge in [-0.3, -0.25) is 0 Å². The summed E-state index contributed by atoms with van der Waals surface area (Å²) in [6, 6.07) is 4.24. The molecule has 1 aromatic heterocycles. The monoisotopic (exact) mass is 280 g/mol. The van der Waals surface area contributed by atoms with Crippen molar-refractivity contribution in [2.75, 3.05) is 7.11 Å². The first-order chi connectivity index (χ1) is 9.11. The second-order valence-electron chi connectivity index (χ2n) is 3.45. The van der Waals surface area contributed by atoms with Crippen molar-refractivity contribution >= 4 is 17.6 Å². The molecule has 7 heteroatoms. The maximum Gasteiger partial charge on any atom is 0.335 e. The predicted molar refractivity (Wildman–Crippen MR) is 67.1 cm³/mol. The average molecular weight is 281 g/mol. The lowest BCUT2D eigenvalue weighted by Gasteiger charge is -2.10. The van der Waals surface area contributed by atoms with Gasteiger partial charge in [0.1, 0.15) is 11.3 Å². The lowest BCUT2D eigenvalue weighted by Crippen LogP contribution is -1.99. The van der Waals surface area contributed by atoms with Gasteiger partial charge in [-0.05, 0) is 18.2 Å². The van der Waals surface area contributed by atoms with Crippen LogP contribution in [-0.2, 0) is 0 Å². The highest BCUT2D eigenvalue weighted by Crippen LogP contribution is 2.33. The molecule has 0 radical (unpaired) electrons. The van der Waals surface area contributed by atoms with Gasteiger partial charge < -0.3 is 14.6 Å². The van der Waals surface area contributed by atoms with E-state index in [0.29, 0.717) is 5.75 Å². The van der Waals surface area contributed by atoms with Crippen molar-refractivity contribution in [2.45, 2.75) is 0 Å². The molecule has 0 fully saturated rings. The van der Waals surface area contributed by atoms with Crippen LogP contribution in [0.5, 0.6) is 17.4 Å². The Kier molecular flexibility index (Phi) is 3.82. The summed E-state index contributed by atoms with van der Waals surface area (Å²) in [5.41, 5.74) is 0.0704. The zero-order chi connectivity index (χ0) is 13.8. The van der Waals surface area contributed by atoms with Crippen LogP contribution in [0.3, 0.4) is 0 Å². The van der Waals surface area contributed by atoms with E-state index in [1.165, 1.54) is 37.8 Å². The van der Waals surface area contributed by atoms with Crippen LogP contribution in [-0.4, -0.2) is 28.2 Å². The number of aromatic carboxylic acids is 1. The third kappa shape index (κ3) is 2.92. The molecule has 0 aliphatic carbocycles. The normalized spacial score (nSPS) is 10.0. The van der Waals surface area contributed by atoms with Crippen LogP contribution in [0.1, 0.15) is 10.4 Å². The van der Waals surface area contributed by atoms with Gasteiger partial charge >= 0.3 is 5.97 Å². The minimum absolute atomic E-state index is 0.0704. The van der Waals surface area contributed by atoms with Crippen LogP contribution in [0.4, 0.5) is 0 Å². The lowest BCUT2D eigenvalue weighted by molar-refractivity contribution is 0.0696. The summed E-state index contributed by atoms with van der Waals surface area (Å²) in [6.45, 7) is 0. The fraction of sp³-hybridized carbons (Fsp3) is 0.0833. The Morgan fingerprint density at radius 2 is 2.16 bits per heavy atom. The number of methoxy groups -OCH3 is 1. The van der Waals surface area contributed by atoms with Crippen molar-refractivity contribution in [3.63, 3.8) is 0 Å². The summed E-state index contributed by atoms with van der Waals surface area (Å²) >= 11 is 5.86. The van der Waals surface area contributed by atoms with Gasteiger partial charge in [0.15, 0.2) is 11.5 Å². The van der Waals surface area contributed by atoms with Crippen LogP contribution < -0.4 is 9.47 Å². The zero-order valence-electron chi connectivity index (χ0n) is 9.83. The van der Waals surface area contributed by atoms with Crippen molar-refractivity contribution < 1.29 is 19.4 Å². The number of hydrogen-bond donors (Lipinski definition) is 1. The highest BCUT2D eigenvalue weighted by molar-refractivity contribution is 6.31. The lowest BCUT2D eigenvalue weighted by atomic mass is 10.2. The average Bonchev–Trinajstić information content (AvgIpc) is 2.41. The molecule has 0 spiro atoms. The van der Waals surface area contributed by atoms with Crippen molar-refractivity contribution in [1.29, 1.82) is 0 Å². The van der Waals surface area contributed by atoms with Crippen molar-refractivity contribution in [3.8, 4) is 17.4 Å². The molecule has 19 heavy (non-hydrogen) atoms. The number of nitrogens with zero attached hydrogens (tertiary/aromatic N) is 2. The molecule has 2 aromatic rings. The Bertz CT molecular complexity index is 618. The van der Waals surface area contributed by atoms with Crippen LogP contribution in [0.15, 0.2) is 30.7 Å². The van der Waals surface area contributed by atoms with Crippen LogP contribution in [0.25, 0.3) is 0 Å². The molecule has 0 amide bonds. The Morgan fingerprint density at radius 1 is 1.37 bits per heavy atom. The van der Waals surface area contributed by atoms with Crippen LogP contribution in [0, 0.1) is 0 Å². The van der Waals surface area contributed by atoms with E-state index in [4.69, 9.17) is 26.2 Å². The molecule has 0 saturated carbocycles. The molecule has 0 aliphatic heterocycles. The molecule has 0 unspecified atom stereocenters. The largest absolute Gasteiger partial charge is 0.493 e. The molecule has 1 N–H and O–H groups in total. The number of aromatic nitrogens is 2. The van der Waals surface area contributed by atoms with E-state index in [1.807, 2.05) is 0 Å². The second-order valence-corrected chi connectivity index (χ2v) is 3.86. The fourth-order valence-corrected chi connectivity index (χ4v) is 1.51. The highest BCUT2D eigenvalue weighted by atomic mass is 35.5. The highest BCUT2D eigenvalue weighted by Gasteiger charge is 2.13. The van der Waals surface area contributed by atoms with E-state index in [9.17, 15) is 4.79 Å². The predicted octanol–water partition coefficient (Wildman–Crippen LogP) is 2.63. The molecule has 1 aromatic carbocycles. The number of carboxylic acid groups (broad SMARTS) is 1. The molecule has 1 heterocycles. The summed E-state index contributed by atoms with van der Waals surface area (Å²) in [4.78, 5) is 18.5. The van der Waals surface area contributed by atoms with Gasteiger partial charge in [0, 0.05) is 0 Å². The topological polar surface area (TPSA) is 81.5 Å². The first-order valence-corrected chi connectivity index (χ1v) is 5.54. The minimum Gasteiger partial charge on any atom is -0.493 e. The van der Waals surface area contributed by atoms with Gasteiger partial charge in [-0.25, -0.2) is 14.8 Å². The van der Waals surface area contributed by atoms with E-state index in [0.717, 1.165) is 0 Å². The second kappa shape index (κ2) is 5.53. The number of halogens is 1. The van der Waals surface area contributed by atoms with E-state index in [1.54, 1.807) is 0 Å². The smallest absolute Gasteiger partial charge is 0.335 e. The van der Waals surface area contributed by atoms with E-state index in [2.05, 4.69) is 9.97 Å². The standard InChI is InChI=1S/C12H9ClN2O4/c1-18-9-3-2-7(12(16)17)4-10(9)19-11-8(13)5-14-6-15-11/h2-6H,1H3,(H,16,17). The van der Waals surface area contributed by atoms with Gasteiger partial charge in [0.2, 0.25) is 5.88 Å². The molecular formula is C12H9ClN2O4. The molecule has 6 nitrogen and oxygen atoms in total. The summed E-state index contributed by atoms with van der Waals surface area (Å²) in [7, 11) is 1.45. The number of carboxylic acids is 1. The molecule has 98 valence electrons. The number of ether oxygens (including phenoxy) is 2. The van der Waals surface area contributed by atoms with Crippen molar-refractivity contribution in [1.82, 2.24) is 9.97 Å². The van der Waals surface area contributed by atoms with Crippen LogP contribution in [0.2, 0.25) is 5.02 Å². The van der Waals surface area contributed by atoms with Crippen molar-refractivity contribution in [3.05, 3.63) is 41.3 Å². The van der Waals surface area contributed by atoms with Gasteiger partial charge in [0.25, 0.3) is 0 Å². The number of rotatable bonds is 4. The molecular weight excluding hydrogens is 272 g/mol. The molecule has 2 rings (SSSR count). The Balaban J connectivity index is 2.40. The zero-order valence-corrected chi connectivity index (χ0v) is 10.6. The number of benzene rings is 1. The summed E-state index contributed by atoms with van der Waals surface area (Å²) in [5, 5.41) is 9.16. The summed E-state index contributed by atoms with van der Waals surface area (Å²) in [6.07, 6.45) is 2.64. The maximum atomic E-state index is 10.9. The first-order valence-electron chi connectivity index (χ1n) is 5.16. The van der Waals surface area contributed by atoms with Gasteiger partial charge in [-0.2, -0.15) is 0 Å². The quantitative estimate of drug-likeness (QED) is 0.927. The molecule has 0 saturated heterocycles. The summed E-state index contributed by atoms with van der Waals surface area (Å²) in [5.74, 6) is -0.360. The SMILES string of the molecule is COc1ccc(C(=O)O)cc1Oc1ncncc1Cl. The molecule has 0 bridgehead atoms. The molecule has 0 atom stereocenters. The number of hydrogen-bond acceptors (Lipinski definition) is 5. The maximum absolute atomic E-state index is 10.9. The Morgan fingerprint density at radius 3 is 2.79 bits per heavy atom. The third-order valence-corrected chi connectivity index (χ3v) is 2.51. The molecule has 0 aliphatic rings. The summed E-state index contributed by atoms with van der Waals surface area (Å²) < 4.78 is 10.5. The van der Waals surface area contributed by atoms with Crippen molar-refractivity contribution in [2.24, 2.45) is 0 Å². The Hall–Kier alpha value is -2.34. The Labute approximate surface area is 113 Å². The van der Waals surface area contributed by atoms with E-state index in [-0.39, 0.29) is 22.2 Å². The van der Waals surface area contributed by atoms with Gasteiger partial charge in [-0.1, -0.05) is 11.6 Å². The van der Waals surface area contributed by atoms with Crippen LogP contribution >= 0.6 is 11.6 Å².